The fourth-order valence-corrected chi connectivity index (χ4v) is 1.86. The average Bonchev–Trinajstić information content (AvgIpc) is 2.38. The Morgan fingerprint density at radius 2 is 1.89 bits per heavy atom. The van der Waals surface area contributed by atoms with E-state index in [1.165, 1.54) is 6.92 Å². The summed E-state index contributed by atoms with van der Waals surface area (Å²) in [5, 5.41) is 2.85. The van der Waals surface area contributed by atoms with Gasteiger partial charge in [-0.1, -0.05) is 24.3 Å². The number of nitrogens with one attached hydrogen (secondary N) is 1. The topological polar surface area (TPSA) is 42.0 Å². The van der Waals surface area contributed by atoms with Crippen molar-refractivity contribution in [3.63, 3.8) is 0 Å². The van der Waals surface area contributed by atoms with E-state index in [4.69, 9.17) is 0 Å². The predicted octanol–water partition coefficient (Wildman–Crippen LogP) is 2.83. The lowest BCUT2D eigenvalue weighted by Crippen LogP contribution is -2.08. The van der Waals surface area contributed by atoms with Gasteiger partial charge in [0.2, 0.25) is 5.91 Å². The first-order valence-corrected chi connectivity index (χ1v) is 6.01. The Labute approximate surface area is 107 Å². The third-order valence-corrected chi connectivity index (χ3v) is 2.70. The van der Waals surface area contributed by atoms with E-state index in [1.54, 1.807) is 6.20 Å². The number of carbonyl (C=O) groups is 1. The average molecular weight is 240 g/mol. The van der Waals surface area contributed by atoms with Crippen molar-refractivity contribution in [1.29, 1.82) is 0 Å². The van der Waals surface area contributed by atoms with Crippen molar-refractivity contribution >= 4 is 11.6 Å². The van der Waals surface area contributed by atoms with E-state index in [-0.39, 0.29) is 5.91 Å². The molecule has 3 heteroatoms. The first kappa shape index (κ1) is 12.3. The van der Waals surface area contributed by atoms with Crippen LogP contribution >= 0.6 is 0 Å². The predicted molar refractivity (Wildman–Crippen MR) is 72.4 cm³/mol. The van der Waals surface area contributed by atoms with Gasteiger partial charge in [0.15, 0.2) is 0 Å². The van der Waals surface area contributed by atoms with Crippen LogP contribution < -0.4 is 5.32 Å². The zero-order valence-electron chi connectivity index (χ0n) is 10.4. The van der Waals surface area contributed by atoms with Gasteiger partial charge in [-0.3, -0.25) is 9.78 Å². The van der Waals surface area contributed by atoms with Crippen LogP contribution in [0.1, 0.15) is 18.2 Å². The first-order valence-electron chi connectivity index (χ1n) is 6.01. The van der Waals surface area contributed by atoms with Crippen LogP contribution in [0.5, 0.6) is 0 Å². The van der Waals surface area contributed by atoms with Gasteiger partial charge in [-0.2, -0.15) is 0 Å². The van der Waals surface area contributed by atoms with Crippen LogP contribution in [-0.4, -0.2) is 10.9 Å². The highest BCUT2D eigenvalue weighted by atomic mass is 16.1. The van der Waals surface area contributed by atoms with Crippen LogP contribution in [0.25, 0.3) is 0 Å². The molecule has 18 heavy (non-hydrogen) atoms. The van der Waals surface area contributed by atoms with Gasteiger partial charge < -0.3 is 5.32 Å². The zero-order chi connectivity index (χ0) is 12.8. The van der Waals surface area contributed by atoms with Crippen LogP contribution in [0.2, 0.25) is 0 Å². The van der Waals surface area contributed by atoms with Crippen LogP contribution in [-0.2, 0) is 17.6 Å². The molecule has 0 spiro atoms. The van der Waals surface area contributed by atoms with Gasteiger partial charge in [0.05, 0.1) is 0 Å². The standard InChI is InChI=1S/C15H16N2O/c1-12(18)17-15-8-3-2-6-13(15)9-10-14-7-4-5-11-16-14/h2-8,11H,9-10H2,1H3,(H,17,18). The number of amides is 1. The maximum absolute atomic E-state index is 11.1. The molecule has 0 fully saturated rings. The molecule has 0 saturated carbocycles. The van der Waals surface area contributed by atoms with Crippen molar-refractivity contribution in [3.8, 4) is 0 Å². The van der Waals surface area contributed by atoms with Gasteiger partial charge in [-0.15, -0.1) is 0 Å². The monoisotopic (exact) mass is 240 g/mol. The molecular weight excluding hydrogens is 224 g/mol. The lowest BCUT2D eigenvalue weighted by molar-refractivity contribution is -0.114. The maximum Gasteiger partial charge on any atom is 0.221 e. The highest BCUT2D eigenvalue weighted by Gasteiger charge is 2.03. The van der Waals surface area contributed by atoms with Gasteiger partial charge in [0, 0.05) is 24.5 Å². The molecule has 92 valence electrons. The largest absolute Gasteiger partial charge is 0.326 e. The minimum Gasteiger partial charge on any atom is -0.326 e. The van der Waals surface area contributed by atoms with Crippen molar-refractivity contribution < 1.29 is 4.79 Å². The number of carbonyl (C=O) groups excluding carboxylic acids is 1. The molecule has 2 aromatic rings. The Morgan fingerprint density at radius 1 is 1.11 bits per heavy atom. The van der Waals surface area contributed by atoms with Crippen LogP contribution in [0, 0.1) is 0 Å². The lowest BCUT2D eigenvalue weighted by atomic mass is 10.1. The molecule has 0 saturated heterocycles. The number of hydrogen-bond acceptors (Lipinski definition) is 2. The fraction of sp³-hybridized carbons (Fsp3) is 0.200. The molecule has 1 aromatic carbocycles. The SMILES string of the molecule is CC(=O)Nc1ccccc1CCc1ccccn1. The molecule has 0 atom stereocenters. The third-order valence-electron chi connectivity index (χ3n) is 2.70. The Balaban J connectivity index is 2.07. The second-order valence-corrected chi connectivity index (χ2v) is 4.16. The molecule has 1 aromatic heterocycles. The maximum atomic E-state index is 11.1. The van der Waals surface area contributed by atoms with Crippen molar-refractivity contribution in [1.82, 2.24) is 4.98 Å². The van der Waals surface area contributed by atoms with E-state index >= 15 is 0 Å². The number of nitrogens with zero attached hydrogens (tertiary/aromatic N) is 1. The Kier molecular flexibility index (Phi) is 4.07. The van der Waals surface area contributed by atoms with E-state index < -0.39 is 0 Å². The molecule has 0 unspecified atom stereocenters. The van der Waals surface area contributed by atoms with Crippen molar-refractivity contribution in [2.75, 3.05) is 5.32 Å². The van der Waals surface area contributed by atoms with E-state index in [9.17, 15) is 4.79 Å². The zero-order valence-corrected chi connectivity index (χ0v) is 10.4. The summed E-state index contributed by atoms with van der Waals surface area (Å²) in [7, 11) is 0. The quantitative estimate of drug-likeness (QED) is 0.892. The number of hydrogen-bond donors (Lipinski definition) is 1. The van der Waals surface area contributed by atoms with E-state index in [1.807, 2.05) is 42.5 Å². The van der Waals surface area contributed by atoms with Crippen molar-refractivity contribution in [2.45, 2.75) is 19.8 Å². The van der Waals surface area contributed by atoms with E-state index in [0.717, 1.165) is 29.8 Å². The first-order chi connectivity index (χ1) is 8.75. The van der Waals surface area contributed by atoms with Crippen LogP contribution in [0.3, 0.4) is 0 Å². The summed E-state index contributed by atoms with van der Waals surface area (Å²) in [6.07, 6.45) is 3.54. The highest BCUT2D eigenvalue weighted by Crippen LogP contribution is 2.17. The van der Waals surface area contributed by atoms with E-state index in [0.29, 0.717) is 0 Å². The number of rotatable bonds is 4. The number of aryl methyl sites for hydroxylation is 2. The molecule has 1 N–H and O–H groups in total. The van der Waals surface area contributed by atoms with Gasteiger partial charge in [-0.25, -0.2) is 0 Å². The van der Waals surface area contributed by atoms with Gasteiger partial charge >= 0.3 is 0 Å². The van der Waals surface area contributed by atoms with Gasteiger partial charge in [0.25, 0.3) is 0 Å². The van der Waals surface area contributed by atoms with Crippen molar-refractivity contribution in [2.24, 2.45) is 0 Å². The number of benzene rings is 1. The molecule has 3 nitrogen and oxygen atoms in total. The van der Waals surface area contributed by atoms with Crippen LogP contribution in [0.15, 0.2) is 48.7 Å². The molecule has 0 bridgehead atoms. The minimum atomic E-state index is -0.0414. The van der Waals surface area contributed by atoms with Crippen molar-refractivity contribution in [3.05, 3.63) is 59.9 Å². The smallest absolute Gasteiger partial charge is 0.221 e. The molecule has 1 amide bonds. The van der Waals surface area contributed by atoms with E-state index in [2.05, 4.69) is 10.3 Å². The highest BCUT2D eigenvalue weighted by molar-refractivity contribution is 5.89. The second-order valence-electron chi connectivity index (χ2n) is 4.16. The lowest BCUT2D eigenvalue weighted by Gasteiger charge is -2.09. The number of para-hydroxylation sites is 1. The molecule has 0 radical (unpaired) electrons. The summed E-state index contributed by atoms with van der Waals surface area (Å²) in [5.41, 5.74) is 3.09. The van der Waals surface area contributed by atoms with Crippen LogP contribution in [0.4, 0.5) is 5.69 Å². The summed E-state index contributed by atoms with van der Waals surface area (Å²) in [4.78, 5) is 15.4. The minimum absolute atomic E-state index is 0.0414. The normalized spacial score (nSPS) is 10.1. The Bertz CT molecular complexity index is 523. The summed E-state index contributed by atoms with van der Waals surface area (Å²) in [6, 6.07) is 13.8. The summed E-state index contributed by atoms with van der Waals surface area (Å²) in [5.74, 6) is -0.0414. The molecule has 0 aliphatic carbocycles. The molecule has 2 rings (SSSR count). The Hall–Kier alpha value is -2.16. The number of anilines is 1. The fourth-order valence-electron chi connectivity index (χ4n) is 1.86. The number of pyridine rings is 1. The summed E-state index contributed by atoms with van der Waals surface area (Å²) >= 11 is 0. The summed E-state index contributed by atoms with van der Waals surface area (Å²) < 4.78 is 0. The molecular formula is C15H16N2O. The molecule has 1 heterocycles. The third kappa shape index (κ3) is 3.42. The number of aromatic nitrogens is 1. The Morgan fingerprint density at radius 3 is 2.61 bits per heavy atom. The van der Waals surface area contributed by atoms with Gasteiger partial charge in [-0.05, 0) is 36.6 Å². The molecule has 0 aliphatic rings. The molecule has 0 aliphatic heterocycles. The second kappa shape index (κ2) is 5.96. The van der Waals surface area contributed by atoms with Gasteiger partial charge in [0.1, 0.15) is 0 Å². The summed E-state index contributed by atoms with van der Waals surface area (Å²) in [6.45, 7) is 1.52.